The molecule has 0 aliphatic heterocycles. The molecule has 4 rings (SSSR count). The van der Waals surface area contributed by atoms with Crippen LogP contribution in [0.3, 0.4) is 0 Å². The SMILES string of the molecule is COc1ccc(NC(=O)[C@H](CCCCN)NC(=O)c2cc(NC(=O)[C@H](CCCCN)NC(=O)c3cc(NC(=O)[C@H](CCCCN)NC(=O)c4cc(NC(=O)[C@H](CCCCN)NC(=O)CCCC(=O)O)ccc4OC)ccc3OC)ccc2OC)cc1C(N)=O. The third-order valence-electron chi connectivity index (χ3n) is 14.0. The quantitative estimate of drug-likeness (QED) is 0.0284. The van der Waals surface area contributed by atoms with Crippen LogP contribution in [0.5, 0.6) is 23.0 Å². The van der Waals surface area contributed by atoms with E-state index in [2.05, 4.69) is 42.5 Å². The Bertz CT molecular complexity index is 3090. The summed E-state index contributed by atoms with van der Waals surface area (Å²) in [6.07, 6.45) is 4.26. The van der Waals surface area contributed by atoms with Crippen molar-refractivity contribution < 1.29 is 72.0 Å². The summed E-state index contributed by atoms with van der Waals surface area (Å²) in [7, 11) is 5.36. The standard InChI is InChI=1S/C61H85N13O15/c1-86-48-24-20-36(32-40(48)54(66)78)67-59(83)45(15-6-10-29-63)72-56(80)42-34-38(22-26-50(42)88-3)69-61(85)47(17-8-12-31-65)74-57(81)43-35-39(23-27-51(43)89-4)70-60(84)46(16-7-11-30-64)73-55(79)41-33-37(21-25-49(41)87-2)68-58(82)44(14-5-9-28-62)71-52(75)18-13-19-53(76)77/h20-27,32-35,44-47H,5-19,28-31,62-65H2,1-4H3,(H2,66,78)(H,67,83)(H,68,82)(H,69,85)(H,70,84)(H,71,75)(H,72,80)(H,73,79)(H,74,81)(H,76,77)/t44-,45-,46-,47-/m0/s1. The van der Waals surface area contributed by atoms with E-state index in [1.165, 1.54) is 101 Å². The second-order valence-corrected chi connectivity index (χ2v) is 20.6. The van der Waals surface area contributed by atoms with E-state index in [1.54, 1.807) is 0 Å². The van der Waals surface area contributed by atoms with Gasteiger partial charge in [-0.3, -0.25) is 47.9 Å². The molecule has 484 valence electrons. The van der Waals surface area contributed by atoms with E-state index in [0.717, 1.165) is 0 Å². The molecule has 0 bridgehead atoms. The maximum absolute atomic E-state index is 14.3. The summed E-state index contributed by atoms with van der Waals surface area (Å²) >= 11 is 0. The molecule has 28 heteroatoms. The van der Waals surface area contributed by atoms with Gasteiger partial charge in [-0.05, 0) is 182 Å². The average Bonchev–Trinajstić information content (AvgIpc) is 3.19. The van der Waals surface area contributed by atoms with E-state index in [0.29, 0.717) is 77.5 Å². The van der Waals surface area contributed by atoms with Crippen molar-refractivity contribution in [1.82, 2.24) is 21.3 Å². The van der Waals surface area contributed by atoms with Gasteiger partial charge in [-0.15, -0.1) is 0 Å². The number of anilines is 4. The molecule has 0 aromatic heterocycles. The lowest BCUT2D eigenvalue weighted by molar-refractivity contribution is -0.137. The van der Waals surface area contributed by atoms with Crippen molar-refractivity contribution in [3.8, 4) is 23.0 Å². The van der Waals surface area contributed by atoms with Crippen molar-refractivity contribution >= 4 is 81.9 Å². The number of ether oxygens (including phenoxy) is 4. The molecule has 19 N–H and O–H groups in total. The normalized spacial score (nSPS) is 12.1. The summed E-state index contributed by atoms with van der Waals surface area (Å²) in [6.45, 7) is 1.27. The summed E-state index contributed by atoms with van der Waals surface area (Å²) < 4.78 is 21.7. The number of unbranched alkanes of at least 4 members (excludes halogenated alkanes) is 4. The van der Waals surface area contributed by atoms with Crippen molar-refractivity contribution in [3.63, 3.8) is 0 Å². The number of benzene rings is 4. The van der Waals surface area contributed by atoms with E-state index in [-0.39, 0.29) is 113 Å². The number of carbonyl (C=O) groups excluding carboxylic acids is 9. The highest BCUT2D eigenvalue weighted by atomic mass is 16.5. The molecule has 4 aromatic carbocycles. The van der Waals surface area contributed by atoms with E-state index < -0.39 is 83.3 Å². The summed E-state index contributed by atoms with van der Waals surface area (Å²) in [4.78, 5) is 134. The van der Waals surface area contributed by atoms with Gasteiger partial charge in [0.15, 0.2) is 0 Å². The largest absolute Gasteiger partial charge is 0.496 e. The maximum atomic E-state index is 14.3. The first-order chi connectivity index (χ1) is 42.7. The number of amides is 9. The molecule has 0 saturated heterocycles. The highest BCUT2D eigenvalue weighted by Gasteiger charge is 2.29. The van der Waals surface area contributed by atoms with Crippen molar-refractivity contribution in [2.45, 2.75) is 120 Å². The number of carbonyl (C=O) groups is 10. The smallest absolute Gasteiger partial charge is 0.303 e. The summed E-state index contributed by atoms with van der Waals surface area (Å²) in [5.74, 6) is -6.71. The fraction of sp³-hybridized carbons (Fsp3) is 0.443. The topological polar surface area (TPSA) is 454 Å². The number of aliphatic carboxylic acids is 1. The maximum Gasteiger partial charge on any atom is 0.303 e. The predicted molar refractivity (Wildman–Crippen MR) is 334 cm³/mol. The Morgan fingerprint density at radius 1 is 0.382 bits per heavy atom. The average molecular weight is 1240 g/mol. The van der Waals surface area contributed by atoms with Crippen LogP contribution in [0.25, 0.3) is 0 Å². The third-order valence-corrected chi connectivity index (χ3v) is 14.0. The van der Waals surface area contributed by atoms with E-state index >= 15 is 0 Å². The van der Waals surface area contributed by atoms with E-state index in [4.69, 9.17) is 52.7 Å². The molecule has 4 atom stereocenters. The van der Waals surface area contributed by atoms with Crippen molar-refractivity contribution in [1.29, 1.82) is 0 Å². The first kappa shape index (κ1) is 72.1. The number of hydrogen-bond donors (Lipinski definition) is 14. The predicted octanol–water partition coefficient (Wildman–Crippen LogP) is 3.23. The molecule has 0 saturated carbocycles. The summed E-state index contributed by atoms with van der Waals surface area (Å²) in [5, 5.41) is 30.9. The first-order valence-electron chi connectivity index (χ1n) is 29.2. The fourth-order valence-corrected chi connectivity index (χ4v) is 9.21. The van der Waals surface area contributed by atoms with Gasteiger partial charge >= 0.3 is 5.97 Å². The van der Waals surface area contributed by atoms with Crippen molar-refractivity contribution in [2.75, 3.05) is 75.9 Å². The molecular formula is C61H85N13O15. The van der Waals surface area contributed by atoms with Gasteiger partial charge in [-0.25, -0.2) is 0 Å². The number of methoxy groups -OCH3 is 4. The molecule has 0 unspecified atom stereocenters. The zero-order valence-electron chi connectivity index (χ0n) is 50.7. The minimum absolute atomic E-state index is 0.0245. The first-order valence-corrected chi connectivity index (χ1v) is 29.2. The van der Waals surface area contributed by atoms with Crippen LogP contribution in [0, 0.1) is 0 Å². The monoisotopic (exact) mass is 1240 g/mol. The van der Waals surface area contributed by atoms with Crippen molar-refractivity contribution in [3.05, 3.63) is 95.1 Å². The number of hydrogen-bond acceptors (Lipinski definition) is 18. The van der Waals surface area contributed by atoms with Crippen LogP contribution in [0.4, 0.5) is 22.7 Å². The minimum Gasteiger partial charge on any atom is -0.496 e. The number of rotatable bonds is 40. The summed E-state index contributed by atoms with van der Waals surface area (Å²) in [6, 6.07) is 12.6. The van der Waals surface area contributed by atoms with Gasteiger partial charge in [0.2, 0.25) is 29.5 Å². The summed E-state index contributed by atoms with van der Waals surface area (Å²) in [5.41, 5.74) is 29.0. The van der Waals surface area contributed by atoms with Gasteiger partial charge in [-0.2, -0.15) is 0 Å². The Balaban J connectivity index is 1.55. The van der Waals surface area contributed by atoms with Crippen LogP contribution in [0.15, 0.2) is 72.8 Å². The molecule has 0 heterocycles. The highest BCUT2D eigenvalue weighted by molar-refractivity contribution is 6.08. The Morgan fingerprint density at radius 2 is 0.652 bits per heavy atom. The van der Waals surface area contributed by atoms with Crippen LogP contribution in [0.1, 0.15) is 138 Å². The van der Waals surface area contributed by atoms with Gasteiger partial charge in [0.05, 0.1) is 50.7 Å². The van der Waals surface area contributed by atoms with E-state index in [1.807, 2.05) is 0 Å². The van der Waals surface area contributed by atoms with Gasteiger partial charge in [0.25, 0.3) is 23.6 Å². The molecule has 0 spiro atoms. The zero-order chi connectivity index (χ0) is 65.4. The fourth-order valence-electron chi connectivity index (χ4n) is 9.21. The molecule has 0 aliphatic carbocycles. The van der Waals surface area contributed by atoms with Crippen LogP contribution >= 0.6 is 0 Å². The second-order valence-electron chi connectivity index (χ2n) is 20.6. The Hall–Kier alpha value is -9.38. The minimum atomic E-state index is -1.20. The van der Waals surface area contributed by atoms with Crippen LogP contribution in [-0.2, 0) is 28.8 Å². The zero-order valence-corrected chi connectivity index (χ0v) is 50.7. The third kappa shape index (κ3) is 23.3. The molecular weight excluding hydrogens is 1150 g/mol. The lowest BCUT2D eigenvalue weighted by Crippen LogP contribution is -2.44. The number of primary amides is 1. The molecule has 0 radical (unpaired) electrons. The molecule has 89 heavy (non-hydrogen) atoms. The van der Waals surface area contributed by atoms with Gasteiger partial charge < -0.3 is 95.3 Å². The lowest BCUT2D eigenvalue weighted by Gasteiger charge is -2.22. The number of nitrogens with one attached hydrogen (secondary N) is 8. The Morgan fingerprint density at radius 3 is 0.910 bits per heavy atom. The van der Waals surface area contributed by atoms with Crippen LogP contribution in [-0.4, -0.2) is 143 Å². The second kappa shape index (κ2) is 38.0. The van der Waals surface area contributed by atoms with Gasteiger partial charge in [0.1, 0.15) is 47.2 Å². The molecule has 28 nitrogen and oxygen atoms in total. The number of nitrogens with two attached hydrogens (primary N) is 5. The Kier molecular flexibility index (Phi) is 30.8. The molecule has 9 amide bonds. The molecule has 0 aliphatic rings. The van der Waals surface area contributed by atoms with Gasteiger partial charge in [0, 0.05) is 35.6 Å². The van der Waals surface area contributed by atoms with Gasteiger partial charge in [-0.1, -0.05) is 0 Å². The van der Waals surface area contributed by atoms with Crippen LogP contribution < -0.4 is 90.2 Å². The van der Waals surface area contributed by atoms with Crippen LogP contribution in [0.2, 0.25) is 0 Å². The molecule has 4 aromatic rings. The van der Waals surface area contributed by atoms with Crippen molar-refractivity contribution in [2.24, 2.45) is 28.7 Å². The molecule has 0 fully saturated rings. The number of carboxylic acid groups (broad SMARTS) is 1. The Labute approximate surface area is 516 Å². The lowest BCUT2D eigenvalue weighted by atomic mass is 10.1. The number of carboxylic acids is 1. The van der Waals surface area contributed by atoms with E-state index in [9.17, 15) is 47.9 Å². The highest BCUT2D eigenvalue weighted by Crippen LogP contribution is 2.28.